The molecular weight excluding hydrogens is 515 g/mol. The maximum absolute atomic E-state index is 12.8. The summed E-state index contributed by atoms with van der Waals surface area (Å²) in [6, 6.07) is 9.25. The van der Waals surface area contributed by atoms with E-state index in [4.69, 9.17) is 16.3 Å². The summed E-state index contributed by atoms with van der Waals surface area (Å²) in [7, 11) is 1.42. The zero-order valence-electron chi connectivity index (χ0n) is 19.2. The quantitative estimate of drug-likeness (QED) is 0.329. The number of carbonyl (C=O) groups is 2. The minimum Gasteiger partial charge on any atom is -0.469 e. The number of hydrogen-bond donors (Lipinski definition) is 2. The molecule has 0 saturated heterocycles. The van der Waals surface area contributed by atoms with E-state index < -0.39 is 17.8 Å². The fourth-order valence-corrected chi connectivity index (χ4v) is 5.47. The number of urea groups is 1. The predicted molar refractivity (Wildman–Crippen MR) is 133 cm³/mol. The molecule has 4 rings (SSSR count). The number of ether oxygens (including phenoxy) is 1. The number of nitrogens with one attached hydrogen (secondary N) is 2. The number of halogens is 4. The molecule has 0 bridgehead atoms. The third-order valence-electron chi connectivity index (χ3n) is 6.11. The van der Waals surface area contributed by atoms with Crippen molar-refractivity contribution in [2.24, 2.45) is 5.92 Å². The first-order chi connectivity index (χ1) is 17.1. The van der Waals surface area contributed by atoms with Crippen LogP contribution in [0.2, 0.25) is 5.02 Å². The van der Waals surface area contributed by atoms with Crippen molar-refractivity contribution in [1.82, 2.24) is 4.98 Å². The lowest BCUT2D eigenvalue weighted by Gasteiger charge is -2.25. The molecule has 2 N–H and O–H groups in total. The van der Waals surface area contributed by atoms with Gasteiger partial charge in [-0.3, -0.25) is 4.79 Å². The minimum absolute atomic E-state index is 0.0294. The van der Waals surface area contributed by atoms with Gasteiger partial charge < -0.3 is 15.4 Å². The predicted octanol–water partition coefficient (Wildman–Crippen LogP) is 7.57. The van der Waals surface area contributed by atoms with Gasteiger partial charge >= 0.3 is 18.2 Å². The van der Waals surface area contributed by atoms with Crippen molar-refractivity contribution in [3.05, 3.63) is 64.3 Å². The van der Waals surface area contributed by atoms with Crippen LogP contribution < -0.4 is 10.6 Å². The molecule has 1 aliphatic carbocycles. The van der Waals surface area contributed by atoms with Crippen LogP contribution in [0.15, 0.2) is 48.7 Å². The standard InChI is InChI=1S/C25H23ClF3N3O3S/c1-35-23(33)16-4-2-15(3-5-16)22-30-13-21(36-22)14-6-9-18(10-7-14)31-24(34)32-20-11-8-17(12-19(20)26)25(27,28)29/h6-13,15-16H,2-5H2,1H3,(H2,31,32,34). The Bertz CT molecular complexity index is 1240. The van der Waals surface area contributed by atoms with Gasteiger partial charge in [0, 0.05) is 17.8 Å². The zero-order chi connectivity index (χ0) is 25.9. The number of carbonyl (C=O) groups excluding carboxylic acids is 2. The fraction of sp³-hybridized carbons (Fsp3) is 0.320. The topological polar surface area (TPSA) is 80.3 Å². The van der Waals surface area contributed by atoms with Gasteiger partial charge in [-0.15, -0.1) is 11.3 Å². The van der Waals surface area contributed by atoms with Gasteiger partial charge in [-0.25, -0.2) is 9.78 Å². The summed E-state index contributed by atoms with van der Waals surface area (Å²) in [5, 5.41) is 5.92. The van der Waals surface area contributed by atoms with Crippen molar-refractivity contribution in [1.29, 1.82) is 0 Å². The normalized spacial score (nSPS) is 17.9. The molecule has 1 heterocycles. The number of methoxy groups -OCH3 is 1. The van der Waals surface area contributed by atoms with Gasteiger partial charge in [-0.05, 0) is 61.6 Å². The molecule has 0 radical (unpaired) electrons. The second kappa shape index (κ2) is 10.9. The molecule has 1 aromatic heterocycles. The lowest BCUT2D eigenvalue weighted by Crippen LogP contribution is -2.22. The number of anilines is 2. The Balaban J connectivity index is 1.34. The molecule has 2 aromatic carbocycles. The van der Waals surface area contributed by atoms with Gasteiger partial charge in [-0.2, -0.15) is 13.2 Å². The average molecular weight is 538 g/mol. The first kappa shape index (κ1) is 26.0. The lowest BCUT2D eigenvalue weighted by atomic mass is 9.82. The minimum atomic E-state index is -4.52. The maximum Gasteiger partial charge on any atom is 0.416 e. The number of rotatable bonds is 5. The second-order valence-electron chi connectivity index (χ2n) is 8.48. The summed E-state index contributed by atoms with van der Waals surface area (Å²) < 4.78 is 43.2. The highest BCUT2D eigenvalue weighted by atomic mass is 35.5. The number of nitrogens with zero attached hydrogens (tertiary/aromatic N) is 1. The van der Waals surface area contributed by atoms with Crippen molar-refractivity contribution in [3.8, 4) is 10.4 Å². The van der Waals surface area contributed by atoms with Crippen LogP contribution in [0, 0.1) is 5.92 Å². The van der Waals surface area contributed by atoms with Crippen LogP contribution in [0.25, 0.3) is 10.4 Å². The highest BCUT2D eigenvalue weighted by Crippen LogP contribution is 2.40. The summed E-state index contributed by atoms with van der Waals surface area (Å²) in [6.07, 6.45) is 0.698. The molecule has 11 heteroatoms. The Morgan fingerprint density at radius 3 is 2.36 bits per heavy atom. The third-order valence-corrected chi connectivity index (χ3v) is 7.63. The Kier molecular flexibility index (Phi) is 7.85. The summed E-state index contributed by atoms with van der Waals surface area (Å²) in [4.78, 5) is 29.6. The molecule has 3 aromatic rings. The zero-order valence-corrected chi connectivity index (χ0v) is 20.8. The van der Waals surface area contributed by atoms with Gasteiger partial charge in [0.2, 0.25) is 0 Å². The molecule has 190 valence electrons. The van der Waals surface area contributed by atoms with E-state index in [0.29, 0.717) is 11.6 Å². The fourth-order valence-electron chi connectivity index (χ4n) is 4.15. The summed E-state index contributed by atoms with van der Waals surface area (Å²) in [5.74, 6) is 0.155. The molecule has 6 nitrogen and oxygen atoms in total. The van der Waals surface area contributed by atoms with Crippen molar-refractivity contribution in [2.75, 3.05) is 17.7 Å². The molecule has 0 atom stereocenters. The summed E-state index contributed by atoms with van der Waals surface area (Å²) >= 11 is 7.50. The van der Waals surface area contributed by atoms with E-state index in [1.807, 2.05) is 18.3 Å². The van der Waals surface area contributed by atoms with Crippen LogP contribution in [0.4, 0.5) is 29.3 Å². The number of thiazole rings is 1. The molecular formula is C25H23ClF3N3O3S. The van der Waals surface area contributed by atoms with E-state index in [0.717, 1.165) is 59.3 Å². The maximum atomic E-state index is 12.8. The van der Waals surface area contributed by atoms with E-state index in [2.05, 4.69) is 15.6 Å². The first-order valence-electron chi connectivity index (χ1n) is 11.2. The number of aromatic nitrogens is 1. The number of alkyl halides is 3. The molecule has 2 amide bonds. The Labute approximate surface area is 214 Å². The highest BCUT2D eigenvalue weighted by molar-refractivity contribution is 7.15. The molecule has 0 aliphatic heterocycles. The van der Waals surface area contributed by atoms with E-state index in [9.17, 15) is 22.8 Å². The monoisotopic (exact) mass is 537 g/mol. The average Bonchev–Trinajstić information content (AvgIpc) is 3.35. The lowest BCUT2D eigenvalue weighted by molar-refractivity contribution is -0.146. The van der Waals surface area contributed by atoms with Crippen LogP contribution in [-0.4, -0.2) is 24.1 Å². The summed E-state index contributed by atoms with van der Waals surface area (Å²) in [6.45, 7) is 0. The smallest absolute Gasteiger partial charge is 0.416 e. The highest BCUT2D eigenvalue weighted by Gasteiger charge is 2.31. The van der Waals surface area contributed by atoms with Crippen LogP contribution in [-0.2, 0) is 15.7 Å². The van der Waals surface area contributed by atoms with Crippen LogP contribution in [0.3, 0.4) is 0 Å². The first-order valence-corrected chi connectivity index (χ1v) is 12.4. The van der Waals surface area contributed by atoms with Gasteiger partial charge in [0.25, 0.3) is 0 Å². The Hall–Kier alpha value is -3.11. The Morgan fingerprint density at radius 1 is 1.06 bits per heavy atom. The molecule has 36 heavy (non-hydrogen) atoms. The SMILES string of the molecule is COC(=O)C1CCC(c2ncc(-c3ccc(NC(=O)Nc4ccc(C(F)(F)F)cc4Cl)cc3)s2)CC1. The molecule has 0 unspecified atom stereocenters. The van der Waals surface area contributed by atoms with Crippen LogP contribution in [0.5, 0.6) is 0 Å². The molecule has 1 fully saturated rings. The van der Waals surface area contributed by atoms with Gasteiger partial charge in [0.05, 0.1) is 39.2 Å². The van der Waals surface area contributed by atoms with Crippen molar-refractivity contribution in [2.45, 2.75) is 37.8 Å². The second-order valence-corrected chi connectivity index (χ2v) is 9.95. The van der Waals surface area contributed by atoms with E-state index >= 15 is 0 Å². The molecule has 0 spiro atoms. The van der Waals surface area contributed by atoms with Crippen LogP contribution in [0.1, 0.15) is 42.2 Å². The molecule has 1 saturated carbocycles. The van der Waals surface area contributed by atoms with E-state index in [1.54, 1.807) is 23.5 Å². The largest absolute Gasteiger partial charge is 0.469 e. The number of benzene rings is 2. The number of hydrogen-bond acceptors (Lipinski definition) is 5. The van der Waals surface area contributed by atoms with Gasteiger partial charge in [0.15, 0.2) is 0 Å². The van der Waals surface area contributed by atoms with E-state index in [1.165, 1.54) is 7.11 Å². The summed E-state index contributed by atoms with van der Waals surface area (Å²) in [5.41, 5.74) is 0.620. The van der Waals surface area contributed by atoms with Gasteiger partial charge in [-0.1, -0.05) is 23.7 Å². The third kappa shape index (κ3) is 6.17. The van der Waals surface area contributed by atoms with E-state index in [-0.39, 0.29) is 22.6 Å². The van der Waals surface area contributed by atoms with Crippen molar-refractivity contribution >= 4 is 46.3 Å². The Morgan fingerprint density at radius 2 is 1.75 bits per heavy atom. The molecule has 1 aliphatic rings. The van der Waals surface area contributed by atoms with Crippen LogP contribution >= 0.6 is 22.9 Å². The van der Waals surface area contributed by atoms with Crippen molar-refractivity contribution in [3.63, 3.8) is 0 Å². The number of esters is 1. The van der Waals surface area contributed by atoms with Crippen molar-refractivity contribution < 1.29 is 27.5 Å². The number of amides is 2. The van der Waals surface area contributed by atoms with Gasteiger partial charge in [0.1, 0.15) is 0 Å².